The Bertz CT molecular complexity index is 1010. The van der Waals surface area contributed by atoms with Crippen molar-refractivity contribution in [3.8, 4) is 0 Å². The van der Waals surface area contributed by atoms with Gasteiger partial charge in [0.05, 0.1) is 28.9 Å². The van der Waals surface area contributed by atoms with Gasteiger partial charge in [0.25, 0.3) is 0 Å². The second kappa shape index (κ2) is 10.9. The summed E-state index contributed by atoms with van der Waals surface area (Å²) in [5.41, 5.74) is 1.48. The van der Waals surface area contributed by atoms with Crippen molar-refractivity contribution in [1.82, 2.24) is 10.2 Å². The van der Waals surface area contributed by atoms with Gasteiger partial charge in [-0.05, 0) is 42.8 Å². The molecular formula is C23H23Cl2N3O3. The van der Waals surface area contributed by atoms with Gasteiger partial charge in [-0.3, -0.25) is 4.79 Å². The van der Waals surface area contributed by atoms with Crippen LogP contribution in [0.4, 0.5) is 10.5 Å². The van der Waals surface area contributed by atoms with Gasteiger partial charge in [-0.15, -0.1) is 0 Å². The molecule has 0 aliphatic carbocycles. The molecule has 0 bridgehead atoms. The molecule has 0 aliphatic heterocycles. The smallest absolute Gasteiger partial charge is 0.322 e. The average molecular weight is 460 g/mol. The Morgan fingerprint density at radius 1 is 1.03 bits per heavy atom. The Balaban J connectivity index is 1.68. The van der Waals surface area contributed by atoms with Gasteiger partial charge in [0.2, 0.25) is 5.91 Å². The van der Waals surface area contributed by atoms with E-state index in [0.29, 0.717) is 28.0 Å². The number of anilines is 1. The van der Waals surface area contributed by atoms with Crippen LogP contribution in [0, 0.1) is 0 Å². The summed E-state index contributed by atoms with van der Waals surface area (Å²) in [6.07, 6.45) is 1.70. The Morgan fingerprint density at radius 2 is 1.81 bits per heavy atom. The summed E-state index contributed by atoms with van der Waals surface area (Å²) in [4.78, 5) is 27.0. The predicted octanol–water partition coefficient (Wildman–Crippen LogP) is 5.89. The third-order valence-electron chi connectivity index (χ3n) is 4.80. The van der Waals surface area contributed by atoms with Gasteiger partial charge in [0, 0.05) is 18.7 Å². The molecule has 6 nitrogen and oxygen atoms in total. The Hall–Kier alpha value is -2.96. The van der Waals surface area contributed by atoms with Gasteiger partial charge in [-0.25, -0.2) is 4.79 Å². The highest BCUT2D eigenvalue weighted by atomic mass is 35.5. The zero-order valence-corrected chi connectivity index (χ0v) is 18.5. The number of amides is 3. The van der Waals surface area contributed by atoms with E-state index in [9.17, 15) is 9.59 Å². The Kier molecular flexibility index (Phi) is 7.98. The van der Waals surface area contributed by atoms with Crippen molar-refractivity contribution in [2.24, 2.45) is 0 Å². The van der Waals surface area contributed by atoms with Crippen molar-refractivity contribution in [2.45, 2.75) is 25.9 Å². The number of nitrogens with zero attached hydrogens (tertiary/aromatic N) is 1. The number of nitrogens with one attached hydrogen (secondary N) is 2. The highest BCUT2D eigenvalue weighted by molar-refractivity contribution is 6.42. The fourth-order valence-electron chi connectivity index (χ4n) is 3.06. The van der Waals surface area contributed by atoms with Gasteiger partial charge in [0.15, 0.2) is 0 Å². The number of carbonyl (C=O) groups is 2. The highest BCUT2D eigenvalue weighted by Gasteiger charge is 2.22. The molecule has 3 amide bonds. The summed E-state index contributed by atoms with van der Waals surface area (Å²) < 4.78 is 5.22. The summed E-state index contributed by atoms with van der Waals surface area (Å²) in [5.74, 6) is 0.490. The molecule has 8 heteroatoms. The van der Waals surface area contributed by atoms with Crippen molar-refractivity contribution in [3.05, 3.63) is 88.3 Å². The van der Waals surface area contributed by atoms with Crippen LogP contribution in [0.2, 0.25) is 10.0 Å². The van der Waals surface area contributed by atoms with Crippen molar-refractivity contribution in [3.63, 3.8) is 0 Å². The van der Waals surface area contributed by atoms with Crippen molar-refractivity contribution >= 4 is 40.8 Å². The van der Waals surface area contributed by atoms with Crippen LogP contribution >= 0.6 is 23.2 Å². The lowest BCUT2D eigenvalue weighted by Gasteiger charge is -2.29. The minimum atomic E-state index is -0.339. The van der Waals surface area contributed by atoms with Crippen LogP contribution in [0.5, 0.6) is 0 Å². The summed E-state index contributed by atoms with van der Waals surface area (Å²) >= 11 is 12.0. The third kappa shape index (κ3) is 6.51. The standard InChI is InChI=1S/C23H23Cl2N3O3/c1-16(17-6-3-2-4-7-17)28(12-11-22(29)26-15-19-8-5-13-31-19)23(30)27-18-9-10-20(24)21(25)14-18/h2-10,13-14,16H,11-12,15H2,1H3,(H,26,29)(H,27,30). The molecule has 1 atom stereocenters. The van der Waals surface area contributed by atoms with Gasteiger partial charge < -0.3 is 20.0 Å². The molecule has 3 rings (SSSR count). The number of urea groups is 1. The first-order chi connectivity index (χ1) is 14.9. The number of hydrogen-bond acceptors (Lipinski definition) is 3. The maximum atomic E-state index is 13.1. The second-order valence-electron chi connectivity index (χ2n) is 6.95. The van der Waals surface area contributed by atoms with E-state index < -0.39 is 0 Å². The lowest BCUT2D eigenvalue weighted by atomic mass is 10.1. The van der Waals surface area contributed by atoms with Crippen LogP contribution in [0.3, 0.4) is 0 Å². The molecule has 3 aromatic rings. The first-order valence-electron chi connectivity index (χ1n) is 9.80. The lowest BCUT2D eigenvalue weighted by Crippen LogP contribution is -2.39. The topological polar surface area (TPSA) is 74.6 Å². The highest BCUT2D eigenvalue weighted by Crippen LogP contribution is 2.26. The fourth-order valence-corrected chi connectivity index (χ4v) is 3.36. The Morgan fingerprint density at radius 3 is 2.48 bits per heavy atom. The van der Waals surface area contributed by atoms with Crippen LogP contribution in [-0.4, -0.2) is 23.4 Å². The number of hydrogen-bond donors (Lipinski definition) is 2. The normalized spacial score (nSPS) is 11.6. The molecule has 0 spiro atoms. The molecule has 0 aliphatic rings. The van der Waals surface area contributed by atoms with Crippen LogP contribution < -0.4 is 10.6 Å². The predicted molar refractivity (Wildman–Crippen MR) is 122 cm³/mol. The minimum absolute atomic E-state index is 0.146. The van der Waals surface area contributed by atoms with E-state index in [1.54, 1.807) is 41.5 Å². The maximum absolute atomic E-state index is 13.1. The SMILES string of the molecule is CC(c1ccccc1)N(CCC(=O)NCc1ccco1)C(=O)Nc1ccc(Cl)c(Cl)c1. The largest absolute Gasteiger partial charge is 0.467 e. The molecule has 1 heterocycles. The maximum Gasteiger partial charge on any atom is 0.322 e. The first-order valence-corrected chi connectivity index (χ1v) is 10.6. The van der Waals surface area contributed by atoms with Crippen molar-refractivity contribution < 1.29 is 14.0 Å². The first kappa shape index (κ1) is 22.7. The molecule has 31 heavy (non-hydrogen) atoms. The van der Waals surface area contributed by atoms with Crippen molar-refractivity contribution in [2.75, 3.05) is 11.9 Å². The van der Waals surface area contributed by atoms with E-state index in [-0.39, 0.29) is 30.9 Å². The fraction of sp³-hybridized carbons (Fsp3) is 0.217. The van der Waals surface area contributed by atoms with Gasteiger partial charge in [-0.2, -0.15) is 0 Å². The van der Waals surface area contributed by atoms with E-state index in [0.717, 1.165) is 5.56 Å². The van der Waals surface area contributed by atoms with Crippen LogP contribution in [0.25, 0.3) is 0 Å². The average Bonchev–Trinajstić information content (AvgIpc) is 3.29. The molecule has 2 aromatic carbocycles. The number of benzene rings is 2. The number of furan rings is 1. The molecule has 1 unspecified atom stereocenters. The van der Waals surface area contributed by atoms with Crippen LogP contribution in [0.15, 0.2) is 71.3 Å². The van der Waals surface area contributed by atoms with Crippen molar-refractivity contribution in [1.29, 1.82) is 0 Å². The van der Waals surface area contributed by atoms with E-state index in [2.05, 4.69) is 10.6 Å². The van der Waals surface area contributed by atoms with Gasteiger partial charge in [-0.1, -0.05) is 53.5 Å². The molecule has 0 saturated heterocycles. The van der Waals surface area contributed by atoms with E-state index in [4.69, 9.17) is 27.6 Å². The lowest BCUT2D eigenvalue weighted by molar-refractivity contribution is -0.121. The van der Waals surface area contributed by atoms with Gasteiger partial charge >= 0.3 is 6.03 Å². The minimum Gasteiger partial charge on any atom is -0.467 e. The van der Waals surface area contributed by atoms with Crippen LogP contribution in [-0.2, 0) is 11.3 Å². The molecule has 0 saturated carbocycles. The molecular weight excluding hydrogens is 437 g/mol. The van der Waals surface area contributed by atoms with Crippen LogP contribution in [0.1, 0.15) is 30.7 Å². The Labute approximate surface area is 191 Å². The van der Waals surface area contributed by atoms with E-state index in [1.165, 1.54) is 0 Å². The summed E-state index contributed by atoms with van der Waals surface area (Å²) in [6, 6.07) is 17.5. The summed E-state index contributed by atoms with van der Waals surface area (Å²) in [7, 11) is 0. The number of rotatable bonds is 8. The number of halogens is 2. The molecule has 0 radical (unpaired) electrons. The number of carbonyl (C=O) groups excluding carboxylic acids is 2. The van der Waals surface area contributed by atoms with Gasteiger partial charge in [0.1, 0.15) is 5.76 Å². The monoisotopic (exact) mass is 459 g/mol. The van der Waals surface area contributed by atoms with E-state index >= 15 is 0 Å². The molecule has 1 aromatic heterocycles. The van der Waals surface area contributed by atoms with E-state index in [1.807, 2.05) is 37.3 Å². The third-order valence-corrected chi connectivity index (χ3v) is 5.54. The zero-order valence-electron chi connectivity index (χ0n) is 17.0. The quantitative estimate of drug-likeness (QED) is 0.440. The summed E-state index contributed by atoms with van der Waals surface area (Å²) in [6.45, 7) is 2.45. The molecule has 162 valence electrons. The molecule has 2 N–H and O–H groups in total. The zero-order chi connectivity index (χ0) is 22.2. The summed E-state index contributed by atoms with van der Waals surface area (Å²) in [5, 5.41) is 6.39. The second-order valence-corrected chi connectivity index (χ2v) is 7.76. The molecule has 0 fully saturated rings.